The first-order chi connectivity index (χ1) is 10.9. The smallest absolute Gasteiger partial charge is 0.545 e. The molecule has 0 aromatic rings. The molecule has 5 nitrogen and oxygen atoms in total. The molecule has 24 heavy (non-hydrogen) atoms. The fraction of sp³-hybridized carbons (Fsp3) is 0.778. The molecule has 0 spiro atoms. The number of carbonyl (C=O) groups excluding carboxylic acids is 2. The van der Waals surface area contributed by atoms with Crippen molar-refractivity contribution in [3.05, 3.63) is 12.2 Å². The predicted molar refractivity (Wildman–Crippen MR) is 89.3 cm³/mol. The van der Waals surface area contributed by atoms with Gasteiger partial charge in [-0.15, -0.1) is 0 Å². The van der Waals surface area contributed by atoms with Crippen molar-refractivity contribution in [1.29, 1.82) is 0 Å². The number of nitrogens with zero attached hydrogens (tertiary/aromatic N) is 1. The second-order valence-electron chi connectivity index (χ2n) is 5.86. The Morgan fingerprint density at radius 1 is 0.750 bits per heavy atom. The van der Waals surface area contributed by atoms with E-state index >= 15 is 0 Å². The summed E-state index contributed by atoms with van der Waals surface area (Å²) in [4.78, 5) is 18.8. The van der Waals surface area contributed by atoms with Crippen molar-refractivity contribution in [3.8, 4) is 0 Å². The normalized spacial score (nSPS) is 10.7. The van der Waals surface area contributed by atoms with E-state index in [1.165, 1.54) is 69.2 Å². The van der Waals surface area contributed by atoms with Crippen molar-refractivity contribution < 1.29 is 75.7 Å². The van der Waals surface area contributed by atoms with Gasteiger partial charge in [-0.1, -0.05) is 40.0 Å². The Bertz CT molecular complexity index is 308. The van der Waals surface area contributed by atoms with E-state index in [9.17, 15) is 19.8 Å². The Morgan fingerprint density at radius 2 is 1.04 bits per heavy atom. The fourth-order valence-corrected chi connectivity index (χ4v) is 2.43. The number of hydrogen-bond acceptors (Lipinski definition) is 4. The number of carboxylic acids is 2. The minimum atomic E-state index is -1.55. The van der Waals surface area contributed by atoms with Crippen LogP contribution in [0.4, 0.5) is 0 Å². The van der Waals surface area contributed by atoms with E-state index in [2.05, 4.69) is 27.7 Å². The summed E-state index contributed by atoms with van der Waals surface area (Å²) < 4.78 is 1.38. The third kappa shape index (κ3) is 18.6. The summed E-state index contributed by atoms with van der Waals surface area (Å²) in [6.07, 6.45) is 9.02. The third-order valence-corrected chi connectivity index (χ3v) is 3.98. The third-order valence-electron chi connectivity index (χ3n) is 3.98. The van der Waals surface area contributed by atoms with E-state index in [1.807, 2.05) is 0 Å². The molecular weight excluding hydrogens is 333 g/mol. The van der Waals surface area contributed by atoms with Crippen molar-refractivity contribution >= 4 is 11.9 Å². The summed E-state index contributed by atoms with van der Waals surface area (Å²) in [6, 6.07) is 0. The van der Waals surface area contributed by atoms with Gasteiger partial charge >= 0.3 is 51.4 Å². The van der Waals surface area contributed by atoms with E-state index in [1.54, 1.807) is 0 Å². The molecule has 0 saturated carbocycles. The molecule has 6 heteroatoms. The van der Waals surface area contributed by atoms with Gasteiger partial charge in [-0.05, 0) is 38.3 Å². The zero-order valence-corrected chi connectivity index (χ0v) is 19.4. The summed E-state index contributed by atoms with van der Waals surface area (Å²) in [6.45, 7) is 14.9. The van der Waals surface area contributed by atoms with Crippen LogP contribution in [0.3, 0.4) is 0 Å². The minimum absolute atomic E-state index is 0. The Labute approximate surface area is 190 Å². The van der Waals surface area contributed by atoms with Crippen LogP contribution >= 0.6 is 0 Å². The quantitative estimate of drug-likeness (QED) is 0.233. The SMILES string of the molecule is CCCC[N+](CC)(CCCC)CCCC.O=C([O-])C=CC(=O)[O-].[K+]. The topological polar surface area (TPSA) is 80.3 Å². The van der Waals surface area contributed by atoms with Gasteiger partial charge in [0.25, 0.3) is 0 Å². The van der Waals surface area contributed by atoms with Crippen molar-refractivity contribution in [3.63, 3.8) is 0 Å². The van der Waals surface area contributed by atoms with Gasteiger partial charge in [-0.3, -0.25) is 0 Å². The summed E-state index contributed by atoms with van der Waals surface area (Å²) in [5, 5.41) is 18.8. The molecule has 0 N–H and O–H groups in total. The van der Waals surface area contributed by atoms with Crippen LogP contribution in [0.25, 0.3) is 0 Å². The molecule has 0 aliphatic carbocycles. The van der Waals surface area contributed by atoms with Crippen LogP contribution in [0.15, 0.2) is 12.2 Å². The number of aliphatic carboxylic acids is 2. The molecule has 0 unspecified atom stereocenters. The number of quaternary nitrogens is 1. The number of hydrogen-bond donors (Lipinski definition) is 0. The number of carboxylic acid groups (broad SMARTS) is 2. The van der Waals surface area contributed by atoms with Gasteiger partial charge in [-0.25, -0.2) is 0 Å². The largest absolute Gasteiger partial charge is 1.00 e. The molecule has 0 rings (SSSR count). The maximum absolute atomic E-state index is 9.41. The van der Waals surface area contributed by atoms with Crippen LogP contribution in [0.2, 0.25) is 0 Å². The second-order valence-corrected chi connectivity index (χ2v) is 5.86. The molecule has 0 amide bonds. The molecule has 0 fully saturated rings. The monoisotopic (exact) mass is 367 g/mol. The molecule has 0 heterocycles. The van der Waals surface area contributed by atoms with Gasteiger partial charge in [-0.2, -0.15) is 0 Å². The summed E-state index contributed by atoms with van der Waals surface area (Å²) >= 11 is 0. The van der Waals surface area contributed by atoms with E-state index in [0.717, 1.165) is 0 Å². The average molecular weight is 368 g/mol. The van der Waals surface area contributed by atoms with Gasteiger partial charge in [0, 0.05) is 0 Å². The molecule has 0 aromatic carbocycles. The van der Waals surface area contributed by atoms with E-state index in [4.69, 9.17) is 0 Å². The van der Waals surface area contributed by atoms with Gasteiger partial charge in [0.15, 0.2) is 0 Å². The van der Waals surface area contributed by atoms with E-state index in [0.29, 0.717) is 12.2 Å². The Morgan fingerprint density at radius 3 is 1.21 bits per heavy atom. The first-order valence-corrected chi connectivity index (χ1v) is 8.82. The molecule has 0 radical (unpaired) electrons. The zero-order chi connectivity index (χ0) is 18.1. The van der Waals surface area contributed by atoms with Crippen LogP contribution in [0.1, 0.15) is 66.2 Å². The van der Waals surface area contributed by atoms with Crippen molar-refractivity contribution in [2.45, 2.75) is 66.2 Å². The molecule has 136 valence electrons. The van der Waals surface area contributed by atoms with Crippen LogP contribution in [0, 0.1) is 0 Å². The second kappa shape index (κ2) is 19.6. The fourth-order valence-electron chi connectivity index (χ4n) is 2.43. The van der Waals surface area contributed by atoms with Crippen molar-refractivity contribution in [2.24, 2.45) is 0 Å². The molecular formula is C18H34KNO4. The zero-order valence-electron chi connectivity index (χ0n) is 16.3. The van der Waals surface area contributed by atoms with Crippen LogP contribution < -0.4 is 61.6 Å². The molecule has 0 atom stereocenters. The first-order valence-electron chi connectivity index (χ1n) is 8.82. The maximum atomic E-state index is 9.41. The van der Waals surface area contributed by atoms with Gasteiger partial charge < -0.3 is 24.3 Å². The standard InChI is InChI=1S/C14H32N.C4H4O4.K/c1-5-9-12-15(8-4,13-10-6-2)14-11-7-3;5-3(6)1-2-4(7)8;/h5-14H2,1-4H3;1-2H,(H,5,6)(H,7,8);/q+1;;+1/p-2. The van der Waals surface area contributed by atoms with E-state index in [-0.39, 0.29) is 51.4 Å². The van der Waals surface area contributed by atoms with Crippen LogP contribution in [-0.2, 0) is 9.59 Å². The molecule has 0 bridgehead atoms. The van der Waals surface area contributed by atoms with Gasteiger partial charge in [0.1, 0.15) is 0 Å². The maximum Gasteiger partial charge on any atom is 1.00 e. The van der Waals surface area contributed by atoms with Crippen LogP contribution in [-0.4, -0.2) is 42.6 Å². The predicted octanol–water partition coefficient (Wildman–Crippen LogP) is -1.73. The summed E-state index contributed by atoms with van der Waals surface area (Å²) in [5.41, 5.74) is 0. The minimum Gasteiger partial charge on any atom is -0.545 e. The first kappa shape index (κ1) is 29.1. The molecule has 0 saturated heterocycles. The summed E-state index contributed by atoms with van der Waals surface area (Å²) in [5.74, 6) is -3.09. The average Bonchev–Trinajstić information content (AvgIpc) is 2.53. The number of carbonyl (C=O) groups is 2. The van der Waals surface area contributed by atoms with E-state index < -0.39 is 11.9 Å². The Hall–Kier alpha value is 0.276. The summed E-state index contributed by atoms with van der Waals surface area (Å²) in [7, 11) is 0. The molecule has 0 aromatic heterocycles. The van der Waals surface area contributed by atoms with Crippen molar-refractivity contribution in [2.75, 3.05) is 26.2 Å². The van der Waals surface area contributed by atoms with Crippen LogP contribution in [0.5, 0.6) is 0 Å². The Balaban J connectivity index is -0.000000419. The Kier molecular flexibility index (Phi) is 23.7. The van der Waals surface area contributed by atoms with Gasteiger partial charge in [0.2, 0.25) is 0 Å². The molecule has 0 aliphatic heterocycles. The number of unbranched alkanes of at least 4 members (excludes halogenated alkanes) is 3. The molecule has 0 aliphatic rings. The number of rotatable bonds is 12. The van der Waals surface area contributed by atoms with Gasteiger partial charge in [0.05, 0.1) is 38.1 Å². The van der Waals surface area contributed by atoms with Crippen molar-refractivity contribution in [1.82, 2.24) is 0 Å².